The molecule has 0 aliphatic heterocycles. The first-order valence-corrected chi connectivity index (χ1v) is 6.19. The zero-order valence-corrected chi connectivity index (χ0v) is 11.5. The van der Waals surface area contributed by atoms with E-state index in [1.165, 1.54) is 7.11 Å². The van der Waals surface area contributed by atoms with Crippen molar-refractivity contribution in [3.8, 4) is 5.75 Å². The van der Waals surface area contributed by atoms with Crippen molar-refractivity contribution in [3.63, 3.8) is 0 Å². The molecule has 0 heterocycles. The standard InChI is InChI=1S/C15H14ClNO2/c1-10-4-3-5-12(8-10)17-15(18)13-9-11(16)6-7-14(13)19-2/h3-9H,1-2H3,(H,17,18). The Morgan fingerprint density at radius 3 is 2.68 bits per heavy atom. The molecule has 2 aromatic carbocycles. The minimum atomic E-state index is -0.245. The van der Waals surface area contributed by atoms with Gasteiger partial charge in [-0.05, 0) is 42.8 Å². The summed E-state index contributed by atoms with van der Waals surface area (Å²) in [6.45, 7) is 1.97. The second-order valence-electron chi connectivity index (χ2n) is 4.17. The molecule has 0 aliphatic carbocycles. The average Bonchev–Trinajstić information content (AvgIpc) is 2.38. The minimum Gasteiger partial charge on any atom is -0.496 e. The third kappa shape index (κ3) is 3.26. The van der Waals surface area contributed by atoms with Gasteiger partial charge in [0.05, 0.1) is 12.7 Å². The van der Waals surface area contributed by atoms with Crippen molar-refractivity contribution in [2.45, 2.75) is 6.92 Å². The largest absolute Gasteiger partial charge is 0.496 e. The Balaban J connectivity index is 2.27. The number of nitrogens with one attached hydrogen (secondary N) is 1. The van der Waals surface area contributed by atoms with E-state index < -0.39 is 0 Å². The maximum Gasteiger partial charge on any atom is 0.259 e. The summed E-state index contributed by atoms with van der Waals surface area (Å²) >= 11 is 5.91. The summed E-state index contributed by atoms with van der Waals surface area (Å²) in [7, 11) is 1.52. The fraction of sp³-hybridized carbons (Fsp3) is 0.133. The lowest BCUT2D eigenvalue weighted by atomic mass is 10.1. The van der Waals surface area contributed by atoms with E-state index in [0.717, 1.165) is 11.3 Å². The van der Waals surface area contributed by atoms with Gasteiger partial charge in [-0.1, -0.05) is 23.7 Å². The van der Waals surface area contributed by atoms with E-state index in [0.29, 0.717) is 16.3 Å². The molecular weight excluding hydrogens is 262 g/mol. The van der Waals surface area contributed by atoms with Crippen LogP contribution in [-0.4, -0.2) is 13.0 Å². The second-order valence-corrected chi connectivity index (χ2v) is 4.60. The van der Waals surface area contributed by atoms with Gasteiger partial charge in [-0.15, -0.1) is 0 Å². The van der Waals surface area contributed by atoms with Crippen molar-refractivity contribution in [1.82, 2.24) is 0 Å². The number of methoxy groups -OCH3 is 1. The van der Waals surface area contributed by atoms with Crippen molar-refractivity contribution in [1.29, 1.82) is 0 Å². The first-order valence-electron chi connectivity index (χ1n) is 5.81. The highest BCUT2D eigenvalue weighted by atomic mass is 35.5. The lowest BCUT2D eigenvalue weighted by Gasteiger charge is -2.10. The average molecular weight is 276 g/mol. The van der Waals surface area contributed by atoms with Crippen LogP contribution in [0.5, 0.6) is 5.75 Å². The molecule has 0 fully saturated rings. The Kier molecular flexibility index (Phi) is 4.07. The van der Waals surface area contributed by atoms with E-state index in [1.54, 1.807) is 18.2 Å². The van der Waals surface area contributed by atoms with E-state index >= 15 is 0 Å². The van der Waals surface area contributed by atoms with Crippen LogP contribution in [0.15, 0.2) is 42.5 Å². The third-order valence-electron chi connectivity index (χ3n) is 2.68. The Morgan fingerprint density at radius 1 is 1.21 bits per heavy atom. The smallest absolute Gasteiger partial charge is 0.259 e. The molecule has 0 radical (unpaired) electrons. The molecular formula is C15H14ClNO2. The fourth-order valence-corrected chi connectivity index (χ4v) is 1.95. The quantitative estimate of drug-likeness (QED) is 0.922. The highest BCUT2D eigenvalue weighted by Gasteiger charge is 2.13. The number of benzene rings is 2. The van der Waals surface area contributed by atoms with Gasteiger partial charge in [0, 0.05) is 10.7 Å². The first kappa shape index (κ1) is 13.4. The molecule has 0 atom stereocenters. The van der Waals surface area contributed by atoms with Crippen molar-refractivity contribution in [3.05, 3.63) is 58.6 Å². The molecule has 0 bridgehead atoms. The lowest BCUT2D eigenvalue weighted by molar-refractivity contribution is 0.102. The van der Waals surface area contributed by atoms with Gasteiger partial charge in [-0.25, -0.2) is 0 Å². The number of aryl methyl sites for hydroxylation is 1. The molecule has 98 valence electrons. The van der Waals surface area contributed by atoms with Crippen LogP contribution in [0.1, 0.15) is 15.9 Å². The molecule has 0 saturated heterocycles. The highest BCUT2D eigenvalue weighted by molar-refractivity contribution is 6.31. The predicted molar refractivity (Wildman–Crippen MR) is 77.1 cm³/mol. The minimum absolute atomic E-state index is 0.245. The number of halogens is 1. The zero-order chi connectivity index (χ0) is 13.8. The Bertz CT molecular complexity index is 611. The molecule has 0 aromatic heterocycles. The Morgan fingerprint density at radius 2 is 2.00 bits per heavy atom. The van der Waals surface area contributed by atoms with E-state index in [2.05, 4.69) is 5.32 Å². The van der Waals surface area contributed by atoms with Gasteiger partial charge in [-0.3, -0.25) is 4.79 Å². The third-order valence-corrected chi connectivity index (χ3v) is 2.92. The molecule has 0 saturated carbocycles. The lowest BCUT2D eigenvalue weighted by Crippen LogP contribution is -2.13. The maximum absolute atomic E-state index is 12.2. The molecule has 0 spiro atoms. The summed E-state index contributed by atoms with van der Waals surface area (Å²) in [5.41, 5.74) is 2.24. The molecule has 4 heteroatoms. The normalized spacial score (nSPS) is 10.1. The number of rotatable bonds is 3. The number of hydrogen-bond acceptors (Lipinski definition) is 2. The molecule has 2 aromatic rings. The molecule has 19 heavy (non-hydrogen) atoms. The Labute approximate surface area is 117 Å². The van der Waals surface area contributed by atoms with Gasteiger partial charge in [0.2, 0.25) is 0 Å². The van der Waals surface area contributed by atoms with Gasteiger partial charge >= 0.3 is 0 Å². The topological polar surface area (TPSA) is 38.3 Å². The summed E-state index contributed by atoms with van der Waals surface area (Å²) in [5.74, 6) is 0.250. The van der Waals surface area contributed by atoms with Crippen LogP contribution in [0.25, 0.3) is 0 Å². The van der Waals surface area contributed by atoms with Crippen LogP contribution < -0.4 is 10.1 Å². The number of hydrogen-bond donors (Lipinski definition) is 1. The van der Waals surface area contributed by atoms with Gasteiger partial charge in [0.25, 0.3) is 5.91 Å². The SMILES string of the molecule is COc1ccc(Cl)cc1C(=O)Nc1cccc(C)c1. The summed E-state index contributed by atoms with van der Waals surface area (Å²) in [5, 5.41) is 3.32. The summed E-state index contributed by atoms with van der Waals surface area (Å²) in [6, 6.07) is 12.5. The number of amides is 1. The zero-order valence-electron chi connectivity index (χ0n) is 10.7. The first-order chi connectivity index (χ1) is 9.10. The van der Waals surface area contributed by atoms with Crippen LogP contribution in [0.4, 0.5) is 5.69 Å². The number of ether oxygens (including phenoxy) is 1. The number of carbonyl (C=O) groups excluding carboxylic acids is 1. The summed E-state index contributed by atoms with van der Waals surface area (Å²) in [4.78, 5) is 12.2. The van der Waals surface area contributed by atoms with Crippen molar-refractivity contribution >= 4 is 23.2 Å². The molecule has 0 aliphatic rings. The van der Waals surface area contributed by atoms with Crippen LogP contribution in [-0.2, 0) is 0 Å². The Hall–Kier alpha value is -2.00. The number of anilines is 1. The van der Waals surface area contributed by atoms with Crippen LogP contribution in [0, 0.1) is 6.92 Å². The van der Waals surface area contributed by atoms with Crippen LogP contribution >= 0.6 is 11.6 Å². The summed E-state index contributed by atoms with van der Waals surface area (Å²) < 4.78 is 5.16. The van der Waals surface area contributed by atoms with Crippen LogP contribution in [0.2, 0.25) is 5.02 Å². The monoisotopic (exact) mass is 275 g/mol. The van der Waals surface area contributed by atoms with Crippen molar-refractivity contribution in [2.75, 3.05) is 12.4 Å². The highest BCUT2D eigenvalue weighted by Crippen LogP contribution is 2.23. The summed E-state index contributed by atoms with van der Waals surface area (Å²) in [6.07, 6.45) is 0. The molecule has 1 N–H and O–H groups in total. The second kappa shape index (κ2) is 5.76. The van der Waals surface area contributed by atoms with E-state index in [9.17, 15) is 4.79 Å². The van der Waals surface area contributed by atoms with Gasteiger partial charge in [0.1, 0.15) is 5.75 Å². The fourth-order valence-electron chi connectivity index (χ4n) is 1.78. The number of carbonyl (C=O) groups is 1. The van der Waals surface area contributed by atoms with Gasteiger partial charge in [0.15, 0.2) is 0 Å². The van der Waals surface area contributed by atoms with E-state index in [-0.39, 0.29) is 5.91 Å². The molecule has 3 nitrogen and oxygen atoms in total. The molecule has 0 unspecified atom stereocenters. The molecule has 2 rings (SSSR count). The van der Waals surface area contributed by atoms with E-state index in [1.807, 2.05) is 31.2 Å². The molecule has 1 amide bonds. The predicted octanol–water partition coefficient (Wildman–Crippen LogP) is 3.91. The van der Waals surface area contributed by atoms with E-state index in [4.69, 9.17) is 16.3 Å². The maximum atomic E-state index is 12.2. The van der Waals surface area contributed by atoms with Gasteiger partial charge < -0.3 is 10.1 Å². The van der Waals surface area contributed by atoms with Crippen LogP contribution in [0.3, 0.4) is 0 Å². The van der Waals surface area contributed by atoms with Gasteiger partial charge in [-0.2, -0.15) is 0 Å². The van der Waals surface area contributed by atoms with Crippen molar-refractivity contribution in [2.24, 2.45) is 0 Å². The van der Waals surface area contributed by atoms with Crippen molar-refractivity contribution < 1.29 is 9.53 Å².